The zero-order valence-corrected chi connectivity index (χ0v) is 15.8. The molecule has 1 amide bonds. The molecule has 0 spiro atoms. The van der Waals surface area contributed by atoms with Crippen LogP contribution >= 0.6 is 0 Å². The fourth-order valence-electron chi connectivity index (χ4n) is 4.33. The van der Waals surface area contributed by atoms with Crippen LogP contribution in [0.2, 0.25) is 0 Å². The average molecular weight is 374 g/mol. The smallest absolute Gasteiger partial charge is 0.256 e. The quantitative estimate of drug-likeness (QED) is 0.703. The highest BCUT2D eigenvalue weighted by molar-refractivity contribution is 5.97. The van der Waals surface area contributed by atoms with Gasteiger partial charge in [0.2, 0.25) is 0 Å². The van der Waals surface area contributed by atoms with Crippen molar-refractivity contribution in [2.75, 3.05) is 31.1 Å². The summed E-state index contributed by atoms with van der Waals surface area (Å²) in [7, 11) is 0. The maximum absolute atomic E-state index is 13.2. The molecular formula is C21H22N6O. The van der Waals surface area contributed by atoms with E-state index in [9.17, 15) is 4.79 Å². The number of hydrogen-bond donors (Lipinski definition) is 0. The van der Waals surface area contributed by atoms with Gasteiger partial charge in [0.25, 0.3) is 5.91 Å². The molecule has 5 rings (SSSR count). The van der Waals surface area contributed by atoms with Crippen LogP contribution in [0.3, 0.4) is 0 Å². The molecule has 3 aromatic rings. The molecular weight excluding hydrogens is 352 g/mol. The molecule has 7 heteroatoms. The van der Waals surface area contributed by atoms with E-state index in [4.69, 9.17) is 0 Å². The minimum absolute atomic E-state index is 0.0577. The number of anilines is 1. The number of rotatable bonds is 3. The van der Waals surface area contributed by atoms with E-state index in [1.807, 2.05) is 35.4 Å². The van der Waals surface area contributed by atoms with Crippen LogP contribution in [0.1, 0.15) is 15.9 Å². The monoisotopic (exact) mass is 374 g/mol. The van der Waals surface area contributed by atoms with E-state index in [2.05, 4.69) is 39.1 Å². The average Bonchev–Trinajstić information content (AvgIpc) is 3.44. The first-order chi connectivity index (χ1) is 13.7. The second-order valence-corrected chi connectivity index (χ2v) is 7.66. The summed E-state index contributed by atoms with van der Waals surface area (Å²) in [4.78, 5) is 23.6. The van der Waals surface area contributed by atoms with Crippen LogP contribution in [-0.2, 0) is 0 Å². The van der Waals surface area contributed by atoms with Gasteiger partial charge in [-0.3, -0.25) is 4.79 Å². The fraction of sp³-hybridized carbons (Fsp3) is 0.333. The highest BCUT2D eigenvalue weighted by Crippen LogP contribution is 2.34. The van der Waals surface area contributed by atoms with E-state index in [1.54, 1.807) is 12.4 Å². The number of aromatic nitrogens is 4. The number of aryl methyl sites for hydroxylation is 1. The number of carbonyl (C=O) groups is 1. The first-order valence-corrected chi connectivity index (χ1v) is 9.61. The standard InChI is InChI=1S/C21H22N6O/c1-15-6-7-20(22-10-15)25-11-16-13-26(14-17(16)12-25)21(28)18-4-2-3-5-19(18)27-23-8-9-24-27/h2-10,16-17H,11-14H2,1H3. The van der Waals surface area contributed by atoms with Crippen molar-refractivity contribution in [3.8, 4) is 5.69 Å². The number of likely N-dealkylation sites (tertiary alicyclic amines) is 1. The molecule has 2 unspecified atom stereocenters. The lowest BCUT2D eigenvalue weighted by molar-refractivity contribution is 0.0782. The molecule has 4 heterocycles. The minimum Gasteiger partial charge on any atom is -0.356 e. The van der Waals surface area contributed by atoms with Crippen molar-refractivity contribution in [3.63, 3.8) is 0 Å². The van der Waals surface area contributed by atoms with Crippen molar-refractivity contribution < 1.29 is 4.79 Å². The molecule has 1 aromatic carbocycles. The van der Waals surface area contributed by atoms with E-state index in [-0.39, 0.29) is 5.91 Å². The largest absolute Gasteiger partial charge is 0.356 e. The lowest BCUT2D eigenvalue weighted by atomic mass is 10.0. The number of pyridine rings is 1. The molecule has 2 aromatic heterocycles. The number of para-hydroxylation sites is 1. The summed E-state index contributed by atoms with van der Waals surface area (Å²) in [6.07, 6.45) is 5.16. The second kappa shape index (κ2) is 6.74. The first kappa shape index (κ1) is 16.9. The zero-order valence-electron chi connectivity index (χ0n) is 15.8. The van der Waals surface area contributed by atoms with Gasteiger partial charge in [0.1, 0.15) is 5.82 Å². The van der Waals surface area contributed by atoms with Crippen molar-refractivity contribution in [2.24, 2.45) is 11.8 Å². The van der Waals surface area contributed by atoms with E-state index in [0.29, 0.717) is 17.4 Å². The summed E-state index contributed by atoms with van der Waals surface area (Å²) in [6.45, 7) is 5.52. The molecule has 2 aliphatic rings. The number of hydrogen-bond acceptors (Lipinski definition) is 5. The second-order valence-electron chi connectivity index (χ2n) is 7.66. The molecule has 0 bridgehead atoms. The highest BCUT2D eigenvalue weighted by atomic mass is 16.2. The van der Waals surface area contributed by atoms with Crippen molar-refractivity contribution >= 4 is 11.7 Å². The number of fused-ring (bicyclic) bond motifs is 1. The highest BCUT2D eigenvalue weighted by Gasteiger charge is 2.42. The molecule has 2 saturated heterocycles. The Morgan fingerprint density at radius 2 is 1.68 bits per heavy atom. The topological polar surface area (TPSA) is 67.2 Å². The summed E-state index contributed by atoms with van der Waals surface area (Å²) in [6, 6.07) is 11.7. The van der Waals surface area contributed by atoms with Gasteiger partial charge in [0.15, 0.2) is 0 Å². The number of benzene rings is 1. The molecule has 7 nitrogen and oxygen atoms in total. The Hall–Kier alpha value is -3.22. The Labute approximate surface area is 163 Å². The van der Waals surface area contributed by atoms with Gasteiger partial charge in [-0.2, -0.15) is 15.0 Å². The lowest BCUT2D eigenvalue weighted by Gasteiger charge is -2.23. The predicted molar refractivity (Wildman–Crippen MR) is 105 cm³/mol. The van der Waals surface area contributed by atoms with E-state index >= 15 is 0 Å². The van der Waals surface area contributed by atoms with Crippen LogP contribution in [0.15, 0.2) is 55.0 Å². The lowest BCUT2D eigenvalue weighted by Crippen LogP contribution is -2.34. The normalized spacial score (nSPS) is 21.2. The summed E-state index contributed by atoms with van der Waals surface area (Å²) < 4.78 is 0. The molecule has 2 fully saturated rings. The van der Waals surface area contributed by atoms with Crippen LogP contribution < -0.4 is 4.90 Å². The van der Waals surface area contributed by atoms with Crippen LogP contribution in [-0.4, -0.2) is 57.0 Å². The van der Waals surface area contributed by atoms with E-state index in [1.165, 1.54) is 10.4 Å². The van der Waals surface area contributed by atoms with Gasteiger partial charge in [0, 0.05) is 44.2 Å². The third-order valence-corrected chi connectivity index (χ3v) is 5.76. The first-order valence-electron chi connectivity index (χ1n) is 9.61. The molecule has 28 heavy (non-hydrogen) atoms. The summed E-state index contributed by atoms with van der Waals surface area (Å²) in [5.41, 5.74) is 2.54. The van der Waals surface area contributed by atoms with Gasteiger partial charge in [-0.1, -0.05) is 18.2 Å². The Bertz CT molecular complexity index is 970. The van der Waals surface area contributed by atoms with Gasteiger partial charge in [-0.05, 0) is 30.7 Å². The van der Waals surface area contributed by atoms with Gasteiger partial charge >= 0.3 is 0 Å². The number of carbonyl (C=O) groups excluding carboxylic acids is 1. The van der Waals surface area contributed by atoms with E-state index < -0.39 is 0 Å². The van der Waals surface area contributed by atoms with Gasteiger partial charge in [-0.25, -0.2) is 4.98 Å². The summed E-state index contributed by atoms with van der Waals surface area (Å²) in [5.74, 6) is 2.07. The maximum Gasteiger partial charge on any atom is 0.256 e. The third kappa shape index (κ3) is 2.93. The molecule has 0 aliphatic carbocycles. The molecule has 0 N–H and O–H groups in total. The van der Waals surface area contributed by atoms with E-state index in [0.717, 1.165) is 37.7 Å². The van der Waals surface area contributed by atoms with Gasteiger partial charge in [0.05, 0.1) is 23.6 Å². The van der Waals surface area contributed by atoms with Crippen LogP contribution in [0, 0.1) is 18.8 Å². The van der Waals surface area contributed by atoms with Crippen molar-refractivity contribution in [1.82, 2.24) is 24.9 Å². The Kier molecular flexibility index (Phi) is 4.07. The Morgan fingerprint density at radius 1 is 0.964 bits per heavy atom. The number of amides is 1. The Morgan fingerprint density at radius 3 is 2.36 bits per heavy atom. The molecule has 0 radical (unpaired) electrons. The summed E-state index contributed by atoms with van der Waals surface area (Å²) in [5, 5.41) is 8.37. The maximum atomic E-state index is 13.2. The van der Waals surface area contributed by atoms with Crippen LogP contribution in [0.25, 0.3) is 5.69 Å². The number of nitrogens with zero attached hydrogens (tertiary/aromatic N) is 6. The molecule has 2 atom stereocenters. The van der Waals surface area contributed by atoms with Crippen LogP contribution in [0.4, 0.5) is 5.82 Å². The molecule has 2 aliphatic heterocycles. The SMILES string of the molecule is Cc1ccc(N2CC3CN(C(=O)c4ccccc4-n4nccn4)CC3C2)nc1. The van der Waals surface area contributed by atoms with Crippen LogP contribution in [0.5, 0.6) is 0 Å². The van der Waals surface area contributed by atoms with Crippen molar-refractivity contribution in [3.05, 3.63) is 66.1 Å². The van der Waals surface area contributed by atoms with Gasteiger partial charge < -0.3 is 9.80 Å². The third-order valence-electron chi connectivity index (χ3n) is 5.76. The molecule has 0 saturated carbocycles. The fourth-order valence-corrected chi connectivity index (χ4v) is 4.33. The van der Waals surface area contributed by atoms with Crippen molar-refractivity contribution in [1.29, 1.82) is 0 Å². The zero-order chi connectivity index (χ0) is 19.1. The summed E-state index contributed by atoms with van der Waals surface area (Å²) >= 11 is 0. The van der Waals surface area contributed by atoms with Crippen molar-refractivity contribution in [2.45, 2.75) is 6.92 Å². The minimum atomic E-state index is 0.0577. The predicted octanol–water partition coefficient (Wildman–Crippen LogP) is 2.18. The Balaban J connectivity index is 1.31. The molecule has 142 valence electrons. The van der Waals surface area contributed by atoms with Gasteiger partial charge in [-0.15, -0.1) is 0 Å².